The van der Waals surface area contributed by atoms with Crippen LogP contribution in [0.4, 0.5) is 0 Å². The number of nitrogens with one attached hydrogen (secondary N) is 1. The van der Waals surface area contributed by atoms with Crippen molar-refractivity contribution in [2.45, 2.75) is 63.3 Å². The molecule has 0 bridgehead atoms. The molecular formula is C19H33N3OS. The fraction of sp³-hybridized carbons (Fsp3) is 0.684. The maximum absolute atomic E-state index is 11.9. The summed E-state index contributed by atoms with van der Waals surface area (Å²) in [5.41, 5.74) is 0. The van der Waals surface area contributed by atoms with Crippen molar-refractivity contribution in [1.82, 2.24) is 10.2 Å². The minimum atomic E-state index is 0.112. The van der Waals surface area contributed by atoms with E-state index in [1.54, 1.807) is 11.8 Å². The van der Waals surface area contributed by atoms with E-state index in [0.29, 0.717) is 18.3 Å². The van der Waals surface area contributed by atoms with Crippen LogP contribution in [0.5, 0.6) is 0 Å². The molecule has 1 rings (SSSR count). The topological polar surface area (TPSA) is 44.7 Å². The molecule has 24 heavy (non-hydrogen) atoms. The van der Waals surface area contributed by atoms with Gasteiger partial charge in [0.15, 0.2) is 0 Å². The second-order valence-corrected chi connectivity index (χ2v) is 7.72. The van der Waals surface area contributed by atoms with E-state index < -0.39 is 0 Å². The van der Waals surface area contributed by atoms with Crippen LogP contribution in [-0.4, -0.2) is 54.3 Å². The third-order valence-corrected chi connectivity index (χ3v) is 5.49. The van der Waals surface area contributed by atoms with Gasteiger partial charge in [0, 0.05) is 12.5 Å². The molecule has 2 unspecified atom stereocenters. The van der Waals surface area contributed by atoms with Crippen LogP contribution in [0.3, 0.4) is 0 Å². The zero-order chi connectivity index (χ0) is 17.8. The number of aliphatic imine (C=N–C) groups is 1. The first-order valence-corrected chi connectivity index (χ1v) is 9.99. The molecule has 0 aromatic heterocycles. The Labute approximate surface area is 151 Å². The Bertz CT molecular complexity index is 434. The fourth-order valence-corrected chi connectivity index (χ4v) is 3.47. The first-order chi connectivity index (χ1) is 11.5. The van der Waals surface area contributed by atoms with Crippen molar-refractivity contribution in [2.24, 2.45) is 4.99 Å². The highest BCUT2D eigenvalue weighted by Crippen LogP contribution is 2.21. The quantitative estimate of drug-likeness (QED) is 0.332. The Hall–Kier alpha value is -1.07. The van der Waals surface area contributed by atoms with Crippen LogP contribution in [-0.2, 0) is 4.79 Å². The van der Waals surface area contributed by atoms with Crippen LogP contribution in [0.15, 0.2) is 29.3 Å². The van der Waals surface area contributed by atoms with Gasteiger partial charge in [0.25, 0.3) is 0 Å². The van der Waals surface area contributed by atoms with Crippen molar-refractivity contribution in [3.63, 3.8) is 0 Å². The first kappa shape index (κ1) is 21.0. The molecule has 0 aliphatic heterocycles. The number of rotatable bonds is 12. The Balaban J connectivity index is 2.01. The summed E-state index contributed by atoms with van der Waals surface area (Å²) in [7, 11) is 2.17. The summed E-state index contributed by atoms with van der Waals surface area (Å²) in [5, 5.41) is 3.26. The van der Waals surface area contributed by atoms with Gasteiger partial charge in [0.2, 0.25) is 5.91 Å². The van der Waals surface area contributed by atoms with Crippen molar-refractivity contribution >= 4 is 24.4 Å². The van der Waals surface area contributed by atoms with Gasteiger partial charge in [-0.15, -0.1) is 11.8 Å². The zero-order valence-corrected chi connectivity index (χ0v) is 16.2. The smallest absolute Gasteiger partial charge is 0.220 e. The molecule has 1 N–H and O–H groups in total. The number of hydrogen-bond donors (Lipinski definition) is 1. The Morgan fingerprint density at radius 2 is 1.96 bits per heavy atom. The minimum absolute atomic E-state index is 0.112. The van der Waals surface area contributed by atoms with E-state index in [2.05, 4.69) is 48.9 Å². The van der Waals surface area contributed by atoms with E-state index >= 15 is 0 Å². The van der Waals surface area contributed by atoms with Crippen molar-refractivity contribution < 1.29 is 4.79 Å². The maximum atomic E-state index is 11.9. The summed E-state index contributed by atoms with van der Waals surface area (Å²) in [6, 6.07) is 0.722. The lowest BCUT2D eigenvalue weighted by Gasteiger charge is -2.20. The van der Waals surface area contributed by atoms with Crippen LogP contribution in [0.25, 0.3) is 0 Å². The van der Waals surface area contributed by atoms with Crippen LogP contribution in [0, 0.1) is 0 Å². The number of carbonyl (C=O) groups is 1. The van der Waals surface area contributed by atoms with Gasteiger partial charge in [-0.05, 0) is 47.0 Å². The summed E-state index contributed by atoms with van der Waals surface area (Å²) in [6.45, 7) is 9.20. The van der Waals surface area contributed by atoms with Gasteiger partial charge in [-0.2, -0.15) is 0 Å². The van der Waals surface area contributed by atoms with Crippen molar-refractivity contribution in [3.8, 4) is 0 Å². The molecule has 1 aliphatic carbocycles. The van der Waals surface area contributed by atoms with E-state index in [9.17, 15) is 4.79 Å². The average Bonchev–Trinajstić information content (AvgIpc) is 2.58. The molecule has 2 atom stereocenters. The highest BCUT2D eigenvalue weighted by atomic mass is 32.2. The number of nitrogens with zero attached hydrogens (tertiary/aromatic N) is 2. The summed E-state index contributed by atoms with van der Waals surface area (Å²) in [4.78, 5) is 18.3. The molecule has 0 saturated heterocycles. The number of allylic oxidation sites excluding steroid dienone is 2. The van der Waals surface area contributed by atoms with Crippen LogP contribution in [0.1, 0.15) is 46.0 Å². The molecule has 0 saturated carbocycles. The average molecular weight is 352 g/mol. The monoisotopic (exact) mass is 351 g/mol. The van der Waals surface area contributed by atoms with Crippen molar-refractivity contribution in [3.05, 3.63) is 24.3 Å². The molecule has 5 heteroatoms. The molecule has 136 valence electrons. The lowest BCUT2D eigenvalue weighted by Crippen LogP contribution is -2.27. The van der Waals surface area contributed by atoms with E-state index in [0.717, 1.165) is 19.4 Å². The summed E-state index contributed by atoms with van der Waals surface area (Å²) >= 11 is 1.70. The third-order valence-electron chi connectivity index (χ3n) is 4.36. The molecule has 0 heterocycles. The zero-order valence-electron chi connectivity index (χ0n) is 15.4. The van der Waals surface area contributed by atoms with E-state index in [1.165, 1.54) is 12.8 Å². The second-order valence-electron chi connectivity index (χ2n) is 6.56. The van der Waals surface area contributed by atoms with Crippen LogP contribution < -0.4 is 5.32 Å². The maximum Gasteiger partial charge on any atom is 0.220 e. The van der Waals surface area contributed by atoms with Gasteiger partial charge in [-0.1, -0.05) is 37.1 Å². The SMILES string of the molecule is C=NC1C=CC=CC1SCNC(=O)CCCCCCN(C)C(C)C. The standard InChI is InChI=1S/C19H33N3OS/c1-16(2)22(4)14-10-6-5-7-13-19(23)21-15-24-18-12-9-8-11-17(18)20-3/h8-9,11-12,16-18H,3,5-7,10,13-15H2,1-2,4H3,(H,21,23). The molecule has 0 aromatic rings. The molecule has 1 amide bonds. The molecule has 0 radical (unpaired) electrons. The highest BCUT2D eigenvalue weighted by molar-refractivity contribution is 8.00. The molecular weight excluding hydrogens is 318 g/mol. The molecule has 0 fully saturated rings. The number of carbonyl (C=O) groups excluding carboxylic acids is 1. The molecule has 1 aliphatic rings. The lowest BCUT2D eigenvalue weighted by molar-refractivity contribution is -0.120. The van der Waals surface area contributed by atoms with Gasteiger partial charge < -0.3 is 10.2 Å². The Morgan fingerprint density at radius 3 is 2.67 bits per heavy atom. The van der Waals surface area contributed by atoms with Crippen LogP contribution >= 0.6 is 11.8 Å². The highest BCUT2D eigenvalue weighted by Gasteiger charge is 2.17. The second kappa shape index (κ2) is 12.3. The van der Waals surface area contributed by atoms with Gasteiger partial charge in [-0.25, -0.2) is 0 Å². The lowest BCUT2D eigenvalue weighted by atomic mass is 10.1. The molecule has 4 nitrogen and oxygen atoms in total. The number of amides is 1. The van der Waals surface area contributed by atoms with Gasteiger partial charge >= 0.3 is 0 Å². The Kier molecular flexibility index (Phi) is 10.8. The first-order valence-electron chi connectivity index (χ1n) is 8.94. The number of unbranched alkanes of at least 4 members (excludes halogenated alkanes) is 3. The largest absolute Gasteiger partial charge is 0.347 e. The third kappa shape index (κ3) is 8.69. The van der Waals surface area contributed by atoms with Gasteiger partial charge in [0.05, 0.1) is 17.2 Å². The number of thioether (sulfide) groups is 1. The summed E-state index contributed by atoms with van der Waals surface area (Å²) in [5.74, 6) is 0.785. The summed E-state index contributed by atoms with van der Waals surface area (Å²) < 4.78 is 0. The fourth-order valence-electron chi connectivity index (χ4n) is 2.46. The molecule has 0 aromatic carbocycles. The predicted octanol–water partition coefficient (Wildman–Crippen LogP) is 3.65. The van der Waals surface area contributed by atoms with Gasteiger partial charge in [-0.3, -0.25) is 9.79 Å². The van der Waals surface area contributed by atoms with Gasteiger partial charge in [0.1, 0.15) is 0 Å². The van der Waals surface area contributed by atoms with Crippen molar-refractivity contribution in [1.29, 1.82) is 0 Å². The molecule has 0 spiro atoms. The predicted molar refractivity (Wildman–Crippen MR) is 107 cm³/mol. The minimum Gasteiger partial charge on any atom is -0.347 e. The van der Waals surface area contributed by atoms with E-state index in [4.69, 9.17) is 0 Å². The normalized spacial score (nSPS) is 19.9. The Morgan fingerprint density at radius 1 is 1.25 bits per heavy atom. The van der Waals surface area contributed by atoms with E-state index in [1.807, 2.05) is 18.2 Å². The van der Waals surface area contributed by atoms with E-state index in [-0.39, 0.29) is 17.2 Å². The number of hydrogen-bond acceptors (Lipinski definition) is 4. The van der Waals surface area contributed by atoms with Crippen molar-refractivity contribution in [2.75, 3.05) is 19.5 Å². The summed E-state index contributed by atoms with van der Waals surface area (Å²) in [6.07, 6.45) is 13.3. The van der Waals surface area contributed by atoms with Crippen LogP contribution in [0.2, 0.25) is 0 Å².